The van der Waals surface area contributed by atoms with Crippen LogP contribution < -0.4 is 4.98 Å². The molecule has 5 rings (SSSR count). The molecule has 1 N–H and O–H groups in total. The smallest absolute Gasteiger partial charge is 0.657 e. The van der Waals surface area contributed by atoms with Gasteiger partial charge in [-0.15, -0.1) is 11.0 Å². The summed E-state index contributed by atoms with van der Waals surface area (Å²) in [6, 6.07) is 7.74. The second-order valence-corrected chi connectivity index (χ2v) is 13.5. The van der Waals surface area contributed by atoms with Gasteiger partial charge in [-0.25, -0.2) is 9.97 Å². The van der Waals surface area contributed by atoms with Gasteiger partial charge in [-0.1, -0.05) is 17.7 Å². The van der Waals surface area contributed by atoms with E-state index < -0.39 is 0 Å². The number of rotatable bonds is 15. The zero-order chi connectivity index (χ0) is 39.8. The molecular weight excluding hydrogens is 764 g/mol. The second kappa shape index (κ2) is 19.7. The Morgan fingerprint density at radius 3 is 1.57 bits per heavy atom. The first-order valence-corrected chi connectivity index (χ1v) is 19.1. The van der Waals surface area contributed by atoms with Crippen LogP contribution in [0.25, 0.3) is 44.4 Å². The number of aromatic nitrogens is 4. The van der Waals surface area contributed by atoms with E-state index in [1.165, 1.54) is 0 Å². The molecule has 56 heavy (non-hydrogen) atoms. The first-order valence-electron chi connectivity index (χ1n) is 19.1. The fraction of sp³-hybridized carbons (Fsp3) is 0.442. The summed E-state index contributed by atoms with van der Waals surface area (Å²) in [5, 5.41) is 0. The van der Waals surface area contributed by atoms with Crippen LogP contribution in [-0.2, 0) is 68.0 Å². The van der Waals surface area contributed by atoms with Crippen molar-refractivity contribution in [2.24, 2.45) is 0 Å². The summed E-state index contributed by atoms with van der Waals surface area (Å²) in [5.41, 5.74) is 12.4. The van der Waals surface area contributed by atoms with E-state index >= 15 is 0 Å². The molecule has 0 saturated carbocycles. The molecule has 0 aromatic carbocycles. The molecule has 5 heterocycles. The molecule has 302 valence electrons. The van der Waals surface area contributed by atoms with Gasteiger partial charge in [0.25, 0.3) is 0 Å². The largest absolute Gasteiger partial charge is 1.00 e. The van der Waals surface area contributed by atoms with Crippen LogP contribution in [0.3, 0.4) is 0 Å². The summed E-state index contributed by atoms with van der Waals surface area (Å²) in [6.45, 7) is 16.1. The molecule has 3 aromatic rings. The quantitative estimate of drug-likeness (QED) is 0.0909. The molecule has 0 radical (unpaired) electrons. The van der Waals surface area contributed by atoms with Crippen molar-refractivity contribution in [1.82, 2.24) is 19.9 Å². The van der Waals surface area contributed by atoms with E-state index in [1.54, 1.807) is 27.7 Å². The molecule has 2 aliphatic heterocycles. The first-order chi connectivity index (χ1) is 26.4. The fourth-order valence-corrected chi connectivity index (χ4v) is 7.06. The number of aryl methyl sites for hydroxylation is 3. The number of hydrogen-bond donors (Lipinski definition) is 1. The number of allylic oxidation sites excluding steroid dienone is 4. The zero-order valence-corrected chi connectivity index (χ0v) is 34.4. The molecule has 0 amide bonds. The van der Waals surface area contributed by atoms with Crippen molar-refractivity contribution in [3.05, 3.63) is 69.3 Å². The van der Waals surface area contributed by atoms with Gasteiger partial charge in [0.05, 0.1) is 55.6 Å². The molecule has 0 saturated heterocycles. The summed E-state index contributed by atoms with van der Waals surface area (Å²) in [4.78, 5) is 69.3. The summed E-state index contributed by atoms with van der Waals surface area (Å²) >= 11 is 0. The number of nitrogens with zero attached hydrogens (tertiary/aromatic N) is 3. The number of carbonyl (C=O) groups excluding carboxylic acids is 4. The Bertz CT molecular complexity index is 2230. The van der Waals surface area contributed by atoms with Crippen LogP contribution in [0.2, 0.25) is 0 Å². The van der Waals surface area contributed by atoms with Gasteiger partial charge in [-0.05, 0) is 126 Å². The van der Waals surface area contributed by atoms with Gasteiger partial charge < -0.3 is 28.9 Å². The van der Waals surface area contributed by atoms with Crippen molar-refractivity contribution in [2.45, 2.75) is 100 Å². The maximum Gasteiger partial charge on any atom is 1.00 e. The zero-order valence-electron chi connectivity index (χ0n) is 33.5. The van der Waals surface area contributed by atoms with E-state index in [-0.39, 0.29) is 73.2 Å². The Kier molecular flexibility index (Phi) is 15.4. The Balaban J connectivity index is 0.00000696. The van der Waals surface area contributed by atoms with E-state index in [9.17, 15) is 19.2 Å². The first kappa shape index (κ1) is 43.7. The normalized spacial score (nSPS) is 12.4. The summed E-state index contributed by atoms with van der Waals surface area (Å²) in [7, 11) is 0. The predicted molar refractivity (Wildman–Crippen MR) is 211 cm³/mol. The third-order valence-corrected chi connectivity index (χ3v) is 10.0. The number of ether oxygens (including phenoxy) is 4. The van der Waals surface area contributed by atoms with Gasteiger partial charge in [-0.3, -0.25) is 19.2 Å². The average molecular weight is 815 g/mol. The Labute approximate surface area is 338 Å². The van der Waals surface area contributed by atoms with Crippen molar-refractivity contribution in [3.8, 4) is 0 Å². The Morgan fingerprint density at radius 2 is 1.04 bits per heavy atom. The van der Waals surface area contributed by atoms with Crippen molar-refractivity contribution in [1.29, 1.82) is 0 Å². The van der Waals surface area contributed by atoms with Crippen LogP contribution in [0.1, 0.15) is 119 Å². The number of carbonyl (C=O) groups is 4. The van der Waals surface area contributed by atoms with Crippen molar-refractivity contribution < 1.29 is 55.2 Å². The van der Waals surface area contributed by atoms with Crippen LogP contribution >= 0.6 is 0 Å². The van der Waals surface area contributed by atoms with E-state index in [2.05, 4.69) is 4.98 Å². The van der Waals surface area contributed by atoms with Gasteiger partial charge in [-0.2, -0.15) is 0 Å². The number of nitrogens with one attached hydrogen (secondary N) is 1. The van der Waals surface area contributed by atoms with E-state index in [4.69, 9.17) is 33.9 Å². The van der Waals surface area contributed by atoms with Gasteiger partial charge >= 0.3 is 40.9 Å². The van der Waals surface area contributed by atoms with E-state index in [0.29, 0.717) is 72.9 Å². The minimum atomic E-state index is -0.365. The molecule has 0 atom stereocenters. The Morgan fingerprint density at radius 1 is 0.554 bits per heavy atom. The maximum atomic E-state index is 12.9. The predicted octanol–water partition coefficient (Wildman–Crippen LogP) is 7.71. The number of hydrogen-bond acceptors (Lipinski definition) is 10. The summed E-state index contributed by atoms with van der Waals surface area (Å²) in [5.74, 6) is -1.24. The third-order valence-electron chi connectivity index (χ3n) is 10.0. The van der Waals surface area contributed by atoms with Crippen molar-refractivity contribution in [3.63, 3.8) is 0 Å². The summed E-state index contributed by atoms with van der Waals surface area (Å²) < 4.78 is 21.1. The Hall–Kier alpha value is -5.00. The topological polar surface area (TPSA) is 161 Å². The van der Waals surface area contributed by atoms with E-state index in [0.717, 1.165) is 55.6 Å². The molecular formula is C43H51CuN4O8. The van der Waals surface area contributed by atoms with E-state index in [1.807, 2.05) is 52.0 Å². The van der Waals surface area contributed by atoms with Crippen LogP contribution in [0.15, 0.2) is 24.3 Å². The van der Waals surface area contributed by atoms with Crippen LogP contribution in [0, 0.1) is 13.8 Å². The second-order valence-electron chi connectivity index (χ2n) is 13.5. The third kappa shape index (κ3) is 10.0. The number of H-pyrrole nitrogens is 1. The number of aromatic amines is 1. The average Bonchev–Trinajstić information content (AvgIpc) is 3.79. The minimum absolute atomic E-state index is 0. The maximum absolute atomic E-state index is 12.9. The molecule has 0 fully saturated rings. The SMILES string of the molecule is CCOC(=O)CCC1=C(C)c2cc3[n-]c(cc4[nH]c(cc5nc(cc1n2)C(C)=C5CCC(=O)OCC)c(C)c4CCC(=O)OCC)c(C)c3CC(=O)OCC.[Cu+]. The standard InChI is InChI=1S/C43H51N4O8.Cu/c1-9-52-40(48)16-13-28-24(5)32-21-37-30(15-18-42(50)54-11-3)26(7)34(46-37)23-39-31(19-43(51)55-12-4)27(8)35(47-39)22-38-29(14-17-41(49)53-10-2)25(6)33(45-38)20-36(28)44-32;/h20-23H,9-19H2,1-8H3,(H-,44,45,46,47);/q-1;+1. The molecule has 13 heteroatoms. The monoisotopic (exact) mass is 814 g/mol. The molecule has 0 unspecified atom stereocenters. The van der Waals surface area contributed by atoms with Crippen molar-refractivity contribution in [2.75, 3.05) is 26.4 Å². The molecule has 12 nitrogen and oxygen atoms in total. The van der Waals surface area contributed by atoms with Crippen LogP contribution in [0.4, 0.5) is 0 Å². The van der Waals surface area contributed by atoms with Crippen LogP contribution in [0.5, 0.6) is 0 Å². The van der Waals surface area contributed by atoms with Gasteiger partial charge in [0.2, 0.25) is 0 Å². The number of esters is 4. The van der Waals surface area contributed by atoms with Gasteiger partial charge in [0.1, 0.15) is 0 Å². The molecule has 3 aromatic heterocycles. The van der Waals surface area contributed by atoms with Gasteiger partial charge in [0.15, 0.2) is 0 Å². The number of fused-ring (bicyclic) bond motifs is 8. The molecule has 0 spiro atoms. The minimum Gasteiger partial charge on any atom is -0.657 e. The molecule has 0 aliphatic carbocycles. The fourth-order valence-electron chi connectivity index (χ4n) is 7.06. The molecule has 8 bridgehead atoms. The molecule has 2 aliphatic rings. The van der Waals surface area contributed by atoms with Crippen LogP contribution in [-0.4, -0.2) is 65.3 Å². The van der Waals surface area contributed by atoms with Crippen molar-refractivity contribution >= 4 is 68.2 Å². The summed E-state index contributed by atoms with van der Waals surface area (Å²) in [6.07, 6.45) is 1.80. The van der Waals surface area contributed by atoms with Gasteiger partial charge in [0, 0.05) is 30.3 Å².